The summed E-state index contributed by atoms with van der Waals surface area (Å²) in [6.07, 6.45) is 2.17. The minimum atomic E-state index is -0.906. The number of nitrogens with one attached hydrogen (secondary N) is 1. The summed E-state index contributed by atoms with van der Waals surface area (Å²) in [7, 11) is 0. The van der Waals surface area contributed by atoms with Crippen molar-refractivity contribution in [2.75, 3.05) is 6.61 Å². The van der Waals surface area contributed by atoms with Gasteiger partial charge >= 0.3 is 5.69 Å². The smallest absolute Gasteiger partial charge is 0.330 e. The average Bonchev–Trinajstić information content (AvgIpc) is 3.14. The molecular formula is C21H18N4O5. The van der Waals surface area contributed by atoms with E-state index in [1.807, 2.05) is 18.2 Å². The number of hydrogen-bond donors (Lipinski definition) is 3. The SMILES string of the molecule is O=c1[nH]c(=O)n([C@H]2C[C@H](O)[C@@H](CO)O2)cc1C#Cc1ccc(-c2ccccn2)nc1. The Hall–Kier alpha value is -3.58. The van der Waals surface area contributed by atoms with Crippen molar-refractivity contribution in [2.24, 2.45) is 0 Å². The zero-order valence-corrected chi connectivity index (χ0v) is 15.7. The Bertz CT molecular complexity index is 1210. The topological polar surface area (TPSA) is 130 Å². The lowest BCUT2D eigenvalue weighted by atomic mass is 10.2. The Morgan fingerprint density at radius 3 is 2.67 bits per heavy atom. The quantitative estimate of drug-likeness (QED) is 0.523. The zero-order chi connectivity index (χ0) is 21.1. The van der Waals surface area contributed by atoms with Crippen molar-refractivity contribution in [3.63, 3.8) is 0 Å². The van der Waals surface area contributed by atoms with Crippen LogP contribution in [0.2, 0.25) is 0 Å². The summed E-state index contributed by atoms with van der Waals surface area (Å²) in [5.41, 5.74) is 0.777. The molecule has 1 aliphatic heterocycles. The highest BCUT2D eigenvalue weighted by Crippen LogP contribution is 2.27. The fourth-order valence-electron chi connectivity index (χ4n) is 3.11. The summed E-state index contributed by atoms with van der Waals surface area (Å²) in [6, 6.07) is 9.08. The lowest BCUT2D eigenvalue weighted by Gasteiger charge is -2.14. The van der Waals surface area contributed by atoms with E-state index in [1.165, 1.54) is 6.20 Å². The molecular weight excluding hydrogens is 388 g/mol. The number of H-pyrrole nitrogens is 1. The third kappa shape index (κ3) is 4.06. The fraction of sp³-hybridized carbons (Fsp3) is 0.238. The molecule has 0 bridgehead atoms. The Kier molecular flexibility index (Phi) is 5.54. The molecule has 30 heavy (non-hydrogen) atoms. The van der Waals surface area contributed by atoms with E-state index in [2.05, 4.69) is 26.8 Å². The van der Waals surface area contributed by atoms with Gasteiger partial charge in [-0.15, -0.1) is 0 Å². The molecule has 152 valence electrons. The highest BCUT2D eigenvalue weighted by molar-refractivity contribution is 5.54. The second kappa shape index (κ2) is 8.42. The maximum absolute atomic E-state index is 12.1. The van der Waals surface area contributed by atoms with Gasteiger partial charge in [-0.3, -0.25) is 24.3 Å². The van der Waals surface area contributed by atoms with Crippen LogP contribution >= 0.6 is 0 Å². The van der Waals surface area contributed by atoms with Crippen LogP contribution in [0, 0.1) is 11.8 Å². The molecule has 3 aromatic heterocycles. The predicted octanol–water partition coefficient (Wildman–Crippen LogP) is 0.0341. The van der Waals surface area contributed by atoms with Crippen LogP contribution in [0.15, 0.2) is 58.5 Å². The molecule has 9 nitrogen and oxygen atoms in total. The predicted molar refractivity (Wildman–Crippen MR) is 106 cm³/mol. The van der Waals surface area contributed by atoms with E-state index >= 15 is 0 Å². The number of rotatable bonds is 3. The van der Waals surface area contributed by atoms with Crippen molar-refractivity contribution >= 4 is 0 Å². The third-order valence-corrected chi connectivity index (χ3v) is 4.69. The molecule has 0 saturated carbocycles. The molecule has 4 rings (SSSR count). The van der Waals surface area contributed by atoms with Gasteiger partial charge in [-0.05, 0) is 24.3 Å². The molecule has 0 unspecified atom stereocenters. The van der Waals surface area contributed by atoms with Crippen LogP contribution in [0.4, 0.5) is 0 Å². The molecule has 0 amide bonds. The van der Waals surface area contributed by atoms with E-state index < -0.39 is 29.7 Å². The van der Waals surface area contributed by atoms with E-state index in [-0.39, 0.29) is 18.6 Å². The summed E-state index contributed by atoms with van der Waals surface area (Å²) in [5.74, 6) is 5.59. The number of pyridine rings is 2. The van der Waals surface area contributed by atoms with Gasteiger partial charge in [0.05, 0.1) is 24.1 Å². The first-order valence-electron chi connectivity index (χ1n) is 9.24. The second-order valence-corrected chi connectivity index (χ2v) is 6.72. The molecule has 9 heteroatoms. The van der Waals surface area contributed by atoms with Gasteiger partial charge in [0.25, 0.3) is 5.56 Å². The van der Waals surface area contributed by atoms with Gasteiger partial charge < -0.3 is 14.9 Å². The standard InChI is InChI=1S/C21H18N4O5/c26-12-18-17(27)9-19(30-18)25-11-14(20(28)24-21(25)29)6-4-13-5-7-16(23-10-13)15-3-1-2-8-22-15/h1-3,5,7-8,10-11,17-19,26-27H,9,12H2,(H,24,28,29)/t17-,18+,19+/m0/s1. The maximum Gasteiger partial charge on any atom is 0.330 e. The molecule has 3 aromatic rings. The molecule has 1 aliphatic rings. The van der Waals surface area contributed by atoms with Crippen molar-refractivity contribution in [2.45, 2.75) is 24.9 Å². The van der Waals surface area contributed by atoms with Gasteiger partial charge in [0, 0.05) is 30.6 Å². The van der Waals surface area contributed by atoms with E-state index in [9.17, 15) is 19.8 Å². The molecule has 4 heterocycles. The monoisotopic (exact) mass is 406 g/mol. The van der Waals surface area contributed by atoms with Crippen molar-refractivity contribution < 1.29 is 14.9 Å². The zero-order valence-electron chi connectivity index (χ0n) is 15.7. The number of aromatic amines is 1. The van der Waals surface area contributed by atoms with Gasteiger partial charge in [0.2, 0.25) is 0 Å². The van der Waals surface area contributed by atoms with Gasteiger partial charge in [0.15, 0.2) is 0 Å². The summed E-state index contributed by atoms with van der Waals surface area (Å²) in [4.78, 5) is 35.0. The average molecular weight is 406 g/mol. The highest BCUT2D eigenvalue weighted by Gasteiger charge is 2.35. The fourth-order valence-corrected chi connectivity index (χ4v) is 3.11. The molecule has 3 N–H and O–H groups in total. The van der Waals surface area contributed by atoms with Crippen LogP contribution < -0.4 is 11.2 Å². The summed E-state index contributed by atoms with van der Waals surface area (Å²) < 4.78 is 6.64. The van der Waals surface area contributed by atoms with Gasteiger partial charge in [-0.1, -0.05) is 17.9 Å². The molecule has 1 saturated heterocycles. The molecule has 0 radical (unpaired) electrons. The van der Waals surface area contributed by atoms with Gasteiger partial charge in [0.1, 0.15) is 17.9 Å². The number of aliphatic hydroxyl groups is 2. The Morgan fingerprint density at radius 1 is 1.17 bits per heavy atom. The van der Waals surface area contributed by atoms with Gasteiger partial charge in [-0.25, -0.2) is 4.79 Å². The number of hydrogen-bond acceptors (Lipinski definition) is 7. The van der Waals surface area contributed by atoms with E-state index in [0.717, 1.165) is 10.3 Å². The Morgan fingerprint density at radius 2 is 2.00 bits per heavy atom. The van der Waals surface area contributed by atoms with E-state index in [0.29, 0.717) is 11.3 Å². The summed E-state index contributed by atoms with van der Waals surface area (Å²) >= 11 is 0. The van der Waals surface area contributed by atoms with Crippen molar-refractivity contribution in [1.29, 1.82) is 0 Å². The Labute approximate surface area is 170 Å². The summed E-state index contributed by atoms with van der Waals surface area (Å²) in [6.45, 7) is -0.371. The van der Waals surface area contributed by atoms with E-state index in [4.69, 9.17) is 4.74 Å². The van der Waals surface area contributed by atoms with Crippen LogP contribution in [-0.4, -0.2) is 48.5 Å². The largest absolute Gasteiger partial charge is 0.394 e. The Balaban J connectivity index is 1.59. The van der Waals surface area contributed by atoms with Crippen LogP contribution in [0.1, 0.15) is 23.8 Å². The van der Waals surface area contributed by atoms with Crippen molar-refractivity contribution in [3.05, 3.63) is 80.9 Å². The summed E-state index contributed by atoms with van der Waals surface area (Å²) in [5, 5.41) is 19.1. The van der Waals surface area contributed by atoms with Crippen LogP contribution in [0.3, 0.4) is 0 Å². The number of ether oxygens (including phenoxy) is 1. The van der Waals surface area contributed by atoms with Gasteiger partial charge in [-0.2, -0.15) is 0 Å². The highest BCUT2D eigenvalue weighted by atomic mass is 16.5. The number of aromatic nitrogens is 4. The van der Waals surface area contributed by atoms with Crippen molar-refractivity contribution in [1.82, 2.24) is 19.5 Å². The molecule has 1 fully saturated rings. The first-order valence-corrected chi connectivity index (χ1v) is 9.24. The normalized spacial score (nSPS) is 20.5. The lowest BCUT2D eigenvalue weighted by molar-refractivity contribution is -0.0459. The molecule has 0 spiro atoms. The van der Waals surface area contributed by atoms with Crippen molar-refractivity contribution in [3.8, 4) is 23.2 Å². The minimum Gasteiger partial charge on any atom is -0.394 e. The molecule has 0 aromatic carbocycles. The maximum atomic E-state index is 12.1. The lowest BCUT2D eigenvalue weighted by Crippen LogP contribution is -2.33. The number of aliphatic hydroxyl groups excluding tert-OH is 2. The first-order chi connectivity index (χ1) is 14.5. The van der Waals surface area contributed by atoms with Crippen LogP contribution in [-0.2, 0) is 4.74 Å². The molecule has 0 aliphatic carbocycles. The molecule has 3 atom stereocenters. The number of nitrogens with zero attached hydrogens (tertiary/aromatic N) is 3. The minimum absolute atomic E-state index is 0.0638. The van der Waals surface area contributed by atoms with Crippen LogP contribution in [0.25, 0.3) is 11.4 Å². The third-order valence-electron chi connectivity index (χ3n) is 4.69. The van der Waals surface area contributed by atoms with Crippen LogP contribution in [0.5, 0.6) is 0 Å². The second-order valence-electron chi connectivity index (χ2n) is 6.72. The first kappa shape index (κ1) is 19.7. The van der Waals surface area contributed by atoms with E-state index in [1.54, 1.807) is 24.5 Å².